The van der Waals surface area contributed by atoms with Crippen molar-refractivity contribution in [2.45, 2.75) is 56.4 Å². The Kier molecular flexibility index (Phi) is 4.31. The number of anilines is 1. The molecule has 2 amide bonds. The van der Waals surface area contributed by atoms with Gasteiger partial charge in [0.1, 0.15) is 18.3 Å². The van der Waals surface area contributed by atoms with Gasteiger partial charge >= 0.3 is 0 Å². The summed E-state index contributed by atoms with van der Waals surface area (Å²) in [6.45, 7) is 3.47. The Bertz CT molecular complexity index is 863. The first kappa shape index (κ1) is 19.4. The first-order valence-electron chi connectivity index (χ1n) is 9.40. The molecule has 1 N–H and O–H groups in total. The molecule has 1 aromatic carbocycles. The number of hydrogen-bond acceptors (Lipinski definition) is 8. The number of fused-ring (bicyclic) bond motifs is 2. The molecule has 0 radical (unpaired) electrons. The third-order valence-electron chi connectivity index (χ3n) is 5.84. The molecule has 0 aromatic heterocycles. The molecule has 4 saturated heterocycles. The number of ether oxygens (including phenoxy) is 3. The number of aliphatic hydroxyl groups excluding tert-OH is 1. The summed E-state index contributed by atoms with van der Waals surface area (Å²) in [7, 11) is 1.62. The van der Waals surface area contributed by atoms with Crippen LogP contribution in [0.25, 0.3) is 0 Å². The minimum absolute atomic E-state index is 0.410. The van der Waals surface area contributed by atoms with Crippen LogP contribution in [0.1, 0.15) is 13.8 Å². The highest BCUT2D eigenvalue weighted by Crippen LogP contribution is 2.45. The summed E-state index contributed by atoms with van der Waals surface area (Å²) in [5.41, 5.74) is 0.418. The highest BCUT2D eigenvalue weighted by Gasteiger charge is 2.65. The van der Waals surface area contributed by atoms with Crippen LogP contribution in [0.4, 0.5) is 5.69 Å². The number of amides is 2. The quantitative estimate of drug-likeness (QED) is 0.692. The Morgan fingerprint density at radius 3 is 2.41 bits per heavy atom. The van der Waals surface area contributed by atoms with Gasteiger partial charge in [-0.1, -0.05) is 11.6 Å². The van der Waals surface area contributed by atoms with Crippen molar-refractivity contribution in [3.63, 3.8) is 0 Å². The number of hydroxylamine groups is 2. The molecule has 0 spiro atoms. The molecule has 4 aliphatic heterocycles. The Labute approximate surface area is 172 Å². The van der Waals surface area contributed by atoms with Gasteiger partial charge in [-0.05, 0) is 38.1 Å². The zero-order valence-corrected chi connectivity index (χ0v) is 16.8. The predicted molar refractivity (Wildman–Crippen MR) is 98.6 cm³/mol. The minimum Gasteiger partial charge on any atom is -0.387 e. The van der Waals surface area contributed by atoms with Crippen LogP contribution in [-0.4, -0.2) is 71.6 Å². The lowest BCUT2D eigenvalue weighted by molar-refractivity contribution is -0.232. The Morgan fingerprint density at radius 1 is 1.07 bits per heavy atom. The van der Waals surface area contributed by atoms with Crippen molar-refractivity contribution in [2.24, 2.45) is 5.92 Å². The Hall–Kier alpha value is -1.59. The van der Waals surface area contributed by atoms with Crippen molar-refractivity contribution < 1.29 is 33.7 Å². The van der Waals surface area contributed by atoms with E-state index < -0.39 is 60.3 Å². The topological polar surface area (TPSA) is 97.8 Å². The van der Waals surface area contributed by atoms with Gasteiger partial charge in [-0.2, -0.15) is 5.06 Å². The summed E-state index contributed by atoms with van der Waals surface area (Å²) in [4.78, 5) is 32.9. The molecule has 0 aliphatic carbocycles. The van der Waals surface area contributed by atoms with Crippen molar-refractivity contribution >= 4 is 29.1 Å². The summed E-state index contributed by atoms with van der Waals surface area (Å²) in [6.07, 6.45) is -4.27. The highest BCUT2D eigenvalue weighted by molar-refractivity contribution is 6.31. The number of imide groups is 1. The van der Waals surface area contributed by atoms with E-state index in [0.29, 0.717) is 10.7 Å². The molecule has 4 fully saturated rings. The number of carbonyl (C=O) groups excluding carboxylic acids is 2. The predicted octanol–water partition coefficient (Wildman–Crippen LogP) is 0.681. The summed E-state index contributed by atoms with van der Waals surface area (Å²) >= 11 is 5.91. The molecule has 0 saturated carbocycles. The monoisotopic (exact) mass is 424 g/mol. The first-order valence-corrected chi connectivity index (χ1v) is 9.78. The van der Waals surface area contributed by atoms with Gasteiger partial charge in [0, 0.05) is 12.1 Å². The van der Waals surface area contributed by atoms with Gasteiger partial charge in [0.15, 0.2) is 18.2 Å². The normalized spacial score (nSPS) is 41.3. The maximum absolute atomic E-state index is 13.2. The zero-order chi connectivity index (χ0) is 20.7. The molecule has 29 heavy (non-hydrogen) atoms. The second kappa shape index (κ2) is 6.45. The molecule has 4 heterocycles. The summed E-state index contributed by atoms with van der Waals surface area (Å²) in [5, 5.41) is 12.7. The fourth-order valence-electron chi connectivity index (χ4n) is 4.63. The van der Waals surface area contributed by atoms with Crippen LogP contribution >= 0.6 is 11.6 Å². The molecule has 4 aliphatic rings. The van der Waals surface area contributed by atoms with E-state index in [4.69, 9.17) is 30.6 Å². The molecular formula is C19H21ClN2O7. The molecular weight excluding hydrogens is 404 g/mol. The van der Waals surface area contributed by atoms with Crippen LogP contribution in [0.2, 0.25) is 5.02 Å². The Morgan fingerprint density at radius 2 is 1.76 bits per heavy atom. The number of nitrogens with zero attached hydrogens (tertiary/aromatic N) is 2. The van der Waals surface area contributed by atoms with E-state index in [1.165, 1.54) is 5.06 Å². The van der Waals surface area contributed by atoms with E-state index >= 15 is 0 Å². The summed E-state index contributed by atoms with van der Waals surface area (Å²) < 4.78 is 17.3. The van der Waals surface area contributed by atoms with Crippen molar-refractivity contribution in [1.82, 2.24) is 5.06 Å². The van der Waals surface area contributed by atoms with Crippen molar-refractivity contribution in [3.05, 3.63) is 29.3 Å². The van der Waals surface area contributed by atoms with E-state index in [2.05, 4.69) is 0 Å². The van der Waals surface area contributed by atoms with Gasteiger partial charge < -0.3 is 19.3 Å². The van der Waals surface area contributed by atoms with Gasteiger partial charge in [-0.25, -0.2) is 4.90 Å². The van der Waals surface area contributed by atoms with E-state index in [0.717, 1.165) is 4.90 Å². The average Bonchev–Trinajstić information content (AvgIpc) is 3.30. The van der Waals surface area contributed by atoms with Crippen molar-refractivity contribution in [1.29, 1.82) is 0 Å². The van der Waals surface area contributed by atoms with Crippen LogP contribution in [-0.2, 0) is 28.6 Å². The fourth-order valence-corrected chi connectivity index (χ4v) is 4.76. The largest absolute Gasteiger partial charge is 0.387 e. The first-order chi connectivity index (χ1) is 13.7. The summed E-state index contributed by atoms with van der Waals surface area (Å²) in [5.74, 6) is -2.56. The van der Waals surface area contributed by atoms with Gasteiger partial charge in [-0.3, -0.25) is 14.4 Å². The van der Waals surface area contributed by atoms with E-state index in [-0.39, 0.29) is 0 Å². The van der Waals surface area contributed by atoms with E-state index in [1.54, 1.807) is 45.2 Å². The number of benzene rings is 1. The van der Waals surface area contributed by atoms with Crippen LogP contribution < -0.4 is 4.90 Å². The van der Waals surface area contributed by atoms with E-state index in [1.807, 2.05) is 0 Å². The van der Waals surface area contributed by atoms with Gasteiger partial charge in [0.2, 0.25) is 5.91 Å². The molecule has 0 unspecified atom stereocenters. The number of rotatable bonds is 2. The van der Waals surface area contributed by atoms with E-state index in [9.17, 15) is 14.7 Å². The number of hydrogen-bond donors (Lipinski definition) is 1. The Balaban J connectivity index is 1.42. The average molecular weight is 425 g/mol. The lowest BCUT2D eigenvalue weighted by atomic mass is 9.89. The smallest absolute Gasteiger partial charge is 0.265 e. The molecule has 5 rings (SSSR count). The molecule has 0 bridgehead atoms. The molecule has 1 aromatic rings. The van der Waals surface area contributed by atoms with Crippen molar-refractivity contribution in [2.75, 3.05) is 11.9 Å². The molecule has 9 nitrogen and oxygen atoms in total. The lowest BCUT2D eigenvalue weighted by Gasteiger charge is -2.31. The zero-order valence-electron chi connectivity index (χ0n) is 16.0. The molecule has 156 valence electrons. The molecule has 7 atom stereocenters. The van der Waals surface area contributed by atoms with Crippen molar-refractivity contribution in [3.8, 4) is 0 Å². The maximum atomic E-state index is 13.2. The third-order valence-corrected chi connectivity index (χ3v) is 6.09. The maximum Gasteiger partial charge on any atom is 0.265 e. The number of carbonyl (C=O) groups is 2. The van der Waals surface area contributed by atoms with Crippen LogP contribution in [0.5, 0.6) is 0 Å². The SMILES string of the molecule is CN1O[C@H]2C(=O)N(c3ccc(Cl)cc3)C(=O)[C@H]2[C@H]1[C@H]1O[C@@H]2OC(C)(C)O[C@@H]2[C@H]1O. The van der Waals surface area contributed by atoms with Crippen LogP contribution in [0.15, 0.2) is 24.3 Å². The van der Waals surface area contributed by atoms with Gasteiger partial charge in [0.05, 0.1) is 17.6 Å². The fraction of sp³-hybridized carbons (Fsp3) is 0.579. The van der Waals surface area contributed by atoms with Crippen LogP contribution in [0.3, 0.4) is 0 Å². The number of likely N-dealkylation sites (N-methyl/N-ethyl adjacent to an activating group) is 1. The van der Waals surface area contributed by atoms with Gasteiger partial charge in [-0.15, -0.1) is 0 Å². The summed E-state index contributed by atoms with van der Waals surface area (Å²) in [6, 6.07) is 5.75. The minimum atomic E-state index is -1.04. The third kappa shape index (κ3) is 2.84. The van der Waals surface area contributed by atoms with Crippen LogP contribution in [0, 0.1) is 5.92 Å². The molecule has 10 heteroatoms. The second-order valence-electron chi connectivity index (χ2n) is 8.14. The standard InChI is InChI=1S/C19H21ClN2O7/c1-19(2)27-15-12(23)14(26-18(15)28-19)11-10-13(29-21(11)3)17(25)22(16(10)24)9-6-4-8(20)5-7-9/h4-7,10-15,18,23H,1-3H3/t10-,11-,12-,13+,14+,15+,18+/m0/s1. The highest BCUT2D eigenvalue weighted by atomic mass is 35.5. The number of halogens is 1. The lowest BCUT2D eigenvalue weighted by Crippen LogP contribution is -2.50. The van der Waals surface area contributed by atoms with Gasteiger partial charge in [0.25, 0.3) is 5.91 Å². The number of aliphatic hydroxyl groups is 1. The second-order valence-corrected chi connectivity index (χ2v) is 8.57.